The molecule has 4 nitrogen and oxygen atoms in total. The van der Waals surface area contributed by atoms with Gasteiger partial charge >= 0.3 is 6.09 Å². The minimum atomic E-state index is -0.523. The number of ether oxygens (including phenoxy) is 1. The fourth-order valence-electron chi connectivity index (χ4n) is 2.26. The van der Waals surface area contributed by atoms with E-state index in [0.29, 0.717) is 6.54 Å². The second-order valence-electron chi connectivity index (χ2n) is 5.77. The first-order valence-corrected chi connectivity index (χ1v) is 6.47. The molecule has 1 atom stereocenters. The van der Waals surface area contributed by atoms with Crippen LogP contribution in [0.15, 0.2) is 18.5 Å². The Bertz CT molecular complexity index is 471. The largest absolute Gasteiger partial charge is 0.444 e. The summed E-state index contributed by atoms with van der Waals surface area (Å²) in [7, 11) is 0. The van der Waals surface area contributed by atoms with Gasteiger partial charge in [-0.05, 0) is 45.2 Å². The van der Waals surface area contributed by atoms with Gasteiger partial charge < -0.3 is 9.64 Å². The fourth-order valence-corrected chi connectivity index (χ4v) is 2.26. The molecular formula is C14H19FN2O2. The Morgan fingerprint density at radius 1 is 1.47 bits per heavy atom. The van der Waals surface area contributed by atoms with E-state index in [1.54, 1.807) is 11.1 Å². The van der Waals surface area contributed by atoms with Gasteiger partial charge in [0.25, 0.3) is 0 Å². The van der Waals surface area contributed by atoms with E-state index < -0.39 is 5.60 Å². The lowest BCUT2D eigenvalue weighted by Gasteiger charge is -2.28. The molecular weight excluding hydrogens is 247 g/mol. The number of rotatable bonds is 1. The molecule has 104 valence electrons. The first-order chi connectivity index (χ1) is 8.87. The van der Waals surface area contributed by atoms with Crippen molar-refractivity contribution in [1.29, 1.82) is 0 Å². The van der Waals surface area contributed by atoms with Crippen LogP contribution in [0.5, 0.6) is 0 Å². The zero-order valence-electron chi connectivity index (χ0n) is 11.5. The van der Waals surface area contributed by atoms with Crippen LogP contribution < -0.4 is 0 Å². The van der Waals surface area contributed by atoms with Crippen LogP contribution in [0.2, 0.25) is 0 Å². The number of nitrogens with zero attached hydrogens (tertiary/aromatic N) is 2. The average Bonchev–Trinajstić information content (AvgIpc) is 2.75. The lowest BCUT2D eigenvalue weighted by Crippen LogP contribution is -2.36. The summed E-state index contributed by atoms with van der Waals surface area (Å²) in [6.07, 6.45) is 4.12. The summed E-state index contributed by atoms with van der Waals surface area (Å²) in [5.41, 5.74) is 0.202. The molecule has 0 radical (unpaired) electrons. The molecule has 0 bridgehead atoms. The quantitative estimate of drug-likeness (QED) is 0.783. The van der Waals surface area contributed by atoms with Gasteiger partial charge in [0, 0.05) is 12.7 Å². The molecule has 1 amide bonds. The molecule has 1 aliphatic rings. The fraction of sp³-hybridized carbons (Fsp3) is 0.571. The third-order valence-corrected chi connectivity index (χ3v) is 2.99. The van der Waals surface area contributed by atoms with Crippen molar-refractivity contribution >= 4 is 6.09 Å². The Morgan fingerprint density at radius 2 is 2.21 bits per heavy atom. The smallest absolute Gasteiger partial charge is 0.410 e. The van der Waals surface area contributed by atoms with Crippen LogP contribution in [0.3, 0.4) is 0 Å². The van der Waals surface area contributed by atoms with Crippen LogP contribution in [0.4, 0.5) is 9.18 Å². The number of hydrogen-bond acceptors (Lipinski definition) is 3. The topological polar surface area (TPSA) is 42.4 Å². The predicted octanol–water partition coefficient (Wildman–Crippen LogP) is 3.29. The van der Waals surface area contributed by atoms with Gasteiger partial charge in [-0.3, -0.25) is 4.98 Å². The van der Waals surface area contributed by atoms with Gasteiger partial charge in [-0.2, -0.15) is 0 Å². The zero-order chi connectivity index (χ0) is 14.0. The summed E-state index contributed by atoms with van der Waals surface area (Å²) in [6, 6.07) is 1.29. The molecule has 2 rings (SSSR count). The summed E-state index contributed by atoms with van der Waals surface area (Å²) in [6.45, 7) is 6.13. The average molecular weight is 266 g/mol. The molecule has 0 N–H and O–H groups in total. The molecule has 1 aromatic rings. The molecule has 19 heavy (non-hydrogen) atoms. The Kier molecular flexibility index (Phi) is 3.73. The normalized spacial score (nSPS) is 19.6. The number of likely N-dealkylation sites (tertiary alicyclic amines) is 1. The van der Waals surface area contributed by atoms with Crippen molar-refractivity contribution in [3.8, 4) is 0 Å². The molecule has 0 saturated carbocycles. The predicted molar refractivity (Wildman–Crippen MR) is 69.1 cm³/mol. The van der Waals surface area contributed by atoms with Gasteiger partial charge in [-0.25, -0.2) is 9.18 Å². The van der Waals surface area contributed by atoms with E-state index in [-0.39, 0.29) is 18.0 Å². The van der Waals surface area contributed by atoms with Crippen molar-refractivity contribution in [3.05, 3.63) is 29.8 Å². The first kappa shape index (κ1) is 13.8. The Hall–Kier alpha value is -1.65. The van der Waals surface area contributed by atoms with Crippen LogP contribution in [-0.2, 0) is 4.74 Å². The number of halogens is 1. The monoisotopic (exact) mass is 266 g/mol. The van der Waals surface area contributed by atoms with Crippen LogP contribution in [0.25, 0.3) is 0 Å². The lowest BCUT2D eigenvalue weighted by atomic mass is 10.1. The molecule has 1 fully saturated rings. The second-order valence-corrected chi connectivity index (χ2v) is 5.77. The molecule has 1 aromatic heterocycles. The zero-order valence-corrected chi connectivity index (χ0v) is 11.5. The molecule has 0 unspecified atom stereocenters. The highest BCUT2D eigenvalue weighted by molar-refractivity contribution is 5.69. The van der Waals surface area contributed by atoms with Crippen LogP contribution >= 0.6 is 0 Å². The molecule has 2 heterocycles. The number of hydrogen-bond donors (Lipinski definition) is 0. The van der Waals surface area contributed by atoms with E-state index in [0.717, 1.165) is 24.6 Å². The maximum Gasteiger partial charge on any atom is 0.410 e. The van der Waals surface area contributed by atoms with Crippen LogP contribution in [-0.4, -0.2) is 28.1 Å². The van der Waals surface area contributed by atoms with Gasteiger partial charge in [0.05, 0.1) is 12.2 Å². The van der Waals surface area contributed by atoms with E-state index >= 15 is 0 Å². The minimum Gasteiger partial charge on any atom is -0.444 e. The first-order valence-electron chi connectivity index (χ1n) is 6.47. The van der Waals surface area contributed by atoms with Gasteiger partial charge in [0.15, 0.2) is 0 Å². The number of pyridine rings is 1. The van der Waals surface area contributed by atoms with Crippen LogP contribution in [0, 0.1) is 5.82 Å². The third-order valence-electron chi connectivity index (χ3n) is 2.99. The Labute approximate surface area is 112 Å². The molecule has 0 aromatic carbocycles. The summed E-state index contributed by atoms with van der Waals surface area (Å²) >= 11 is 0. The molecule has 0 spiro atoms. The highest BCUT2D eigenvalue weighted by Crippen LogP contribution is 2.32. The van der Waals surface area contributed by atoms with E-state index in [2.05, 4.69) is 4.98 Å². The Balaban J connectivity index is 2.15. The maximum absolute atomic E-state index is 13.2. The van der Waals surface area contributed by atoms with Gasteiger partial charge in [-0.1, -0.05) is 0 Å². The number of aromatic nitrogens is 1. The summed E-state index contributed by atoms with van der Waals surface area (Å²) in [5, 5.41) is 0. The van der Waals surface area contributed by atoms with Gasteiger partial charge in [-0.15, -0.1) is 0 Å². The van der Waals surface area contributed by atoms with E-state index in [4.69, 9.17) is 4.74 Å². The molecule has 1 saturated heterocycles. The highest BCUT2D eigenvalue weighted by Gasteiger charge is 2.33. The van der Waals surface area contributed by atoms with Crippen molar-refractivity contribution in [3.63, 3.8) is 0 Å². The number of carbonyl (C=O) groups is 1. The van der Waals surface area contributed by atoms with Crippen LogP contribution in [0.1, 0.15) is 45.2 Å². The number of carbonyl (C=O) groups excluding carboxylic acids is 1. The van der Waals surface area contributed by atoms with E-state index in [1.807, 2.05) is 20.8 Å². The van der Waals surface area contributed by atoms with Crippen molar-refractivity contribution < 1.29 is 13.9 Å². The maximum atomic E-state index is 13.2. The van der Waals surface area contributed by atoms with E-state index in [9.17, 15) is 9.18 Å². The standard InChI is InChI=1S/C14H19FN2O2/c1-14(2,3)19-13(18)17-6-4-5-12(17)10-7-11(15)9-16-8-10/h7-9,12H,4-6H2,1-3H3/t12-/m0/s1. The summed E-state index contributed by atoms with van der Waals surface area (Å²) < 4.78 is 18.6. The lowest BCUT2D eigenvalue weighted by molar-refractivity contribution is 0.0224. The summed E-state index contributed by atoms with van der Waals surface area (Å²) in [5.74, 6) is -0.381. The van der Waals surface area contributed by atoms with Crippen molar-refractivity contribution in [2.24, 2.45) is 0 Å². The number of amides is 1. The second kappa shape index (κ2) is 5.15. The SMILES string of the molecule is CC(C)(C)OC(=O)N1CCC[C@H]1c1cncc(F)c1. The molecule has 1 aliphatic heterocycles. The molecule has 5 heteroatoms. The van der Waals surface area contributed by atoms with Crippen molar-refractivity contribution in [2.75, 3.05) is 6.54 Å². The summed E-state index contributed by atoms with van der Waals surface area (Å²) in [4.78, 5) is 17.6. The minimum absolute atomic E-state index is 0.141. The van der Waals surface area contributed by atoms with Crippen molar-refractivity contribution in [2.45, 2.75) is 45.3 Å². The highest BCUT2D eigenvalue weighted by atomic mass is 19.1. The van der Waals surface area contributed by atoms with E-state index in [1.165, 1.54) is 6.07 Å². The Morgan fingerprint density at radius 3 is 2.84 bits per heavy atom. The van der Waals surface area contributed by atoms with Gasteiger partial charge in [0.1, 0.15) is 11.4 Å². The third kappa shape index (κ3) is 3.43. The molecule has 0 aliphatic carbocycles. The van der Waals surface area contributed by atoms with Gasteiger partial charge in [0.2, 0.25) is 0 Å². The van der Waals surface area contributed by atoms with Crippen molar-refractivity contribution in [1.82, 2.24) is 9.88 Å².